The van der Waals surface area contributed by atoms with Gasteiger partial charge >= 0.3 is 0 Å². The van der Waals surface area contributed by atoms with Crippen molar-refractivity contribution in [3.05, 3.63) is 54.6 Å². The fraction of sp³-hybridized carbons (Fsp3) is 0.300. The van der Waals surface area contributed by atoms with Crippen LogP contribution in [0.25, 0.3) is 10.2 Å². The average Bonchev–Trinajstić information content (AvgIpc) is 3.10. The largest absolute Gasteiger partial charge is 0.352 e. The fourth-order valence-electron chi connectivity index (χ4n) is 2.90. The van der Waals surface area contributed by atoms with Crippen LogP contribution < -0.4 is 9.62 Å². The molecule has 2 aromatic carbocycles. The highest BCUT2D eigenvalue weighted by molar-refractivity contribution is 7.93. The number of sulfonamides is 1. The zero-order valence-corrected chi connectivity index (χ0v) is 17.5. The quantitative estimate of drug-likeness (QED) is 0.605. The Bertz CT molecular complexity index is 1020. The van der Waals surface area contributed by atoms with E-state index in [-0.39, 0.29) is 28.5 Å². The van der Waals surface area contributed by atoms with E-state index in [4.69, 9.17) is 0 Å². The number of fused-ring (bicyclic) bond motifs is 1. The second kappa shape index (κ2) is 8.70. The van der Waals surface area contributed by atoms with Crippen molar-refractivity contribution in [1.29, 1.82) is 0 Å². The van der Waals surface area contributed by atoms with Gasteiger partial charge in [0.15, 0.2) is 0 Å². The van der Waals surface area contributed by atoms with E-state index in [0.717, 1.165) is 21.8 Å². The number of nitrogens with zero attached hydrogens (tertiary/aromatic N) is 2. The molecule has 148 valence electrons. The SMILES string of the molecule is CCC[C@H](C)NC(=O)CN(c1nc2ccccc2s1)S(=O)(=O)c1ccccc1. The summed E-state index contributed by atoms with van der Waals surface area (Å²) in [5.41, 5.74) is 0.704. The second-order valence-electron chi connectivity index (χ2n) is 6.55. The van der Waals surface area contributed by atoms with Crippen molar-refractivity contribution in [2.24, 2.45) is 0 Å². The molecule has 1 amide bonds. The zero-order chi connectivity index (χ0) is 20.1. The van der Waals surface area contributed by atoms with E-state index in [9.17, 15) is 13.2 Å². The summed E-state index contributed by atoms with van der Waals surface area (Å²) < 4.78 is 28.5. The molecule has 0 aliphatic rings. The number of nitrogens with one attached hydrogen (secondary N) is 1. The standard InChI is InChI=1S/C20H23N3O3S2/c1-3-9-15(2)21-19(24)14-23(28(25,26)16-10-5-4-6-11-16)20-22-17-12-7-8-13-18(17)27-20/h4-8,10-13,15H,3,9,14H2,1-2H3,(H,21,24)/t15-/m0/s1. The van der Waals surface area contributed by atoms with Gasteiger partial charge < -0.3 is 5.32 Å². The Morgan fingerprint density at radius 1 is 1.14 bits per heavy atom. The first-order chi connectivity index (χ1) is 13.4. The Balaban J connectivity index is 1.97. The van der Waals surface area contributed by atoms with Gasteiger partial charge in [0.05, 0.1) is 15.1 Å². The van der Waals surface area contributed by atoms with Crippen LogP contribution in [-0.4, -0.2) is 31.9 Å². The number of para-hydroxylation sites is 1. The second-order valence-corrected chi connectivity index (χ2v) is 9.42. The summed E-state index contributed by atoms with van der Waals surface area (Å²) in [5.74, 6) is -0.347. The number of hydrogen-bond donors (Lipinski definition) is 1. The molecule has 28 heavy (non-hydrogen) atoms. The number of hydrogen-bond acceptors (Lipinski definition) is 5. The molecule has 0 unspecified atom stereocenters. The molecule has 0 saturated carbocycles. The number of aromatic nitrogens is 1. The maximum atomic E-state index is 13.3. The van der Waals surface area contributed by atoms with E-state index in [0.29, 0.717) is 5.52 Å². The summed E-state index contributed by atoms with van der Waals surface area (Å²) >= 11 is 1.25. The summed E-state index contributed by atoms with van der Waals surface area (Å²) in [4.78, 5) is 17.2. The molecular formula is C20H23N3O3S2. The van der Waals surface area contributed by atoms with Gasteiger partial charge in [-0.3, -0.25) is 4.79 Å². The molecule has 1 N–H and O–H groups in total. The number of carbonyl (C=O) groups is 1. The van der Waals surface area contributed by atoms with E-state index < -0.39 is 10.0 Å². The minimum atomic E-state index is -3.92. The topological polar surface area (TPSA) is 79.4 Å². The molecule has 1 heterocycles. The normalized spacial score (nSPS) is 12.6. The van der Waals surface area contributed by atoms with Gasteiger partial charge in [-0.25, -0.2) is 17.7 Å². The summed E-state index contributed by atoms with van der Waals surface area (Å²) in [5, 5.41) is 3.15. The van der Waals surface area contributed by atoms with Crippen molar-refractivity contribution < 1.29 is 13.2 Å². The molecule has 1 aromatic heterocycles. The summed E-state index contributed by atoms with van der Waals surface area (Å²) in [6, 6.07) is 15.5. The Labute approximate surface area is 169 Å². The molecule has 0 bridgehead atoms. The monoisotopic (exact) mass is 417 g/mol. The highest BCUT2D eigenvalue weighted by atomic mass is 32.2. The summed E-state index contributed by atoms with van der Waals surface area (Å²) in [7, 11) is -3.92. The first kappa shape index (κ1) is 20.3. The number of rotatable bonds is 8. The summed E-state index contributed by atoms with van der Waals surface area (Å²) in [6.45, 7) is 3.64. The van der Waals surface area contributed by atoms with Gasteiger partial charge in [-0.1, -0.05) is 55.0 Å². The van der Waals surface area contributed by atoms with Gasteiger partial charge in [0.2, 0.25) is 11.0 Å². The van der Waals surface area contributed by atoms with E-state index in [1.54, 1.807) is 18.2 Å². The lowest BCUT2D eigenvalue weighted by atomic mass is 10.2. The van der Waals surface area contributed by atoms with E-state index in [1.807, 2.05) is 38.1 Å². The van der Waals surface area contributed by atoms with Gasteiger partial charge in [0.1, 0.15) is 6.54 Å². The molecule has 0 aliphatic carbocycles. The molecule has 0 saturated heterocycles. The third kappa shape index (κ3) is 4.51. The maximum Gasteiger partial charge on any atom is 0.266 e. The van der Waals surface area contributed by atoms with Crippen LogP contribution in [0.15, 0.2) is 59.5 Å². The van der Waals surface area contributed by atoms with Gasteiger partial charge in [-0.15, -0.1) is 0 Å². The molecule has 3 rings (SSSR count). The number of carbonyl (C=O) groups excluding carboxylic acids is 1. The molecule has 8 heteroatoms. The molecule has 1 atom stereocenters. The molecule has 0 aliphatic heterocycles. The predicted molar refractivity (Wildman–Crippen MR) is 113 cm³/mol. The lowest BCUT2D eigenvalue weighted by molar-refractivity contribution is -0.120. The minimum Gasteiger partial charge on any atom is -0.352 e. The van der Waals surface area contributed by atoms with Crippen molar-refractivity contribution in [2.45, 2.75) is 37.6 Å². The van der Waals surface area contributed by atoms with Gasteiger partial charge in [0, 0.05) is 6.04 Å². The van der Waals surface area contributed by atoms with Crippen molar-refractivity contribution in [3.63, 3.8) is 0 Å². The third-order valence-corrected chi connectivity index (χ3v) is 7.17. The van der Waals surface area contributed by atoms with Crippen molar-refractivity contribution in [1.82, 2.24) is 10.3 Å². The Morgan fingerprint density at radius 2 is 1.82 bits per heavy atom. The van der Waals surface area contributed by atoms with Crippen LogP contribution in [0.5, 0.6) is 0 Å². The first-order valence-electron chi connectivity index (χ1n) is 9.14. The average molecular weight is 418 g/mol. The van der Waals surface area contributed by atoms with E-state index in [1.165, 1.54) is 23.5 Å². The van der Waals surface area contributed by atoms with Crippen LogP contribution in [0, 0.1) is 0 Å². The summed E-state index contributed by atoms with van der Waals surface area (Å²) in [6.07, 6.45) is 1.77. The highest BCUT2D eigenvalue weighted by Gasteiger charge is 2.29. The number of anilines is 1. The Hall–Kier alpha value is -2.45. The van der Waals surface area contributed by atoms with E-state index in [2.05, 4.69) is 10.3 Å². The van der Waals surface area contributed by atoms with Gasteiger partial charge in [-0.05, 0) is 37.6 Å². The van der Waals surface area contributed by atoms with Crippen LogP contribution in [0.3, 0.4) is 0 Å². The smallest absolute Gasteiger partial charge is 0.266 e. The molecule has 6 nitrogen and oxygen atoms in total. The van der Waals surface area contributed by atoms with Crippen LogP contribution in [-0.2, 0) is 14.8 Å². The first-order valence-corrected chi connectivity index (χ1v) is 11.4. The molecular weight excluding hydrogens is 394 g/mol. The predicted octanol–water partition coefficient (Wildman–Crippen LogP) is 3.80. The van der Waals surface area contributed by atoms with Crippen molar-refractivity contribution >= 4 is 42.6 Å². The van der Waals surface area contributed by atoms with E-state index >= 15 is 0 Å². The van der Waals surface area contributed by atoms with Gasteiger partial charge in [-0.2, -0.15) is 0 Å². The maximum absolute atomic E-state index is 13.3. The third-order valence-electron chi connectivity index (χ3n) is 4.24. The highest BCUT2D eigenvalue weighted by Crippen LogP contribution is 2.32. The van der Waals surface area contributed by atoms with Gasteiger partial charge in [0.25, 0.3) is 10.0 Å². The molecule has 3 aromatic rings. The van der Waals surface area contributed by atoms with Crippen LogP contribution in [0.4, 0.5) is 5.13 Å². The van der Waals surface area contributed by atoms with Crippen molar-refractivity contribution in [3.8, 4) is 0 Å². The molecule has 0 spiro atoms. The van der Waals surface area contributed by atoms with Crippen LogP contribution >= 0.6 is 11.3 Å². The Kier molecular flexibility index (Phi) is 6.31. The number of benzene rings is 2. The van der Waals surface area contributed by atoms with Crippen molar-refractivity contribution in [2.75, 3.05) is 10.8 Å². The number of thiazole rings is 1. The Morgan fingerprint density at radius 3 is 2.50 bits per heavy atom. The van der Waals surface area contributed by atoms with Crippen LogP contribution in [0.1, 0.15) is 26.7 Å². The van der Waals surface area contributed by atoms with Crippen LogP contribution in [0.2, 0.25) is 0 Å². The minimum absolute atomic E-state index is 0.0193. The number of amides is 1. The lowest BCUT2D eigenvalue weighted by Gasteiger charge is -2.22. The molecule has 0 fully saturated rings. The lowest BCUT2D eigenvalue weighted by Crippen LogP contribution is -2.43. The fourth-order valence-corrected chi connectivity index (χ4v) is 5.47. The molecule has 0 radical (unpaired) electrons. The zero-order valence-electron chi connectivity index (χ0n) is 15.8.